The zero-order chi connectivity index (χ0) is 31.6. The normalized spacial score (nSPS) is 25.4. The number of carbonyl (C=O) groups excluding carboxylic acids is 1. The van der Waals surface area contributed by atoms with Crippen molar-refractivity contribution in [1.29, 1.82) is 0 Å². The van der Waals surface area contributed by atoms with Crippen molar-refractivity contribution in [1.82, 2.24) is 24.8 Å². The van der Waals surface area contributed by atoms with E-state index in [4.69, 9.17) is 23.0 Å². The molecule has 16 nitrogen and oxygen atoms in total. The fraction of sp³-hybridized carbons (Fsp3) is 0.333. The number of urea groups is 1. The van der Waals surface area contributed by atoms with Gasteiger partial charge in [-0.3, -0.25) is 19.0 Å². The zero-order valence-corrected chi connectivity index (χ0v) is 25.6. The quantitative estimate of drug-likeness (QED) is 0.169. The van der Waals surface area contributed by atoms with Crippen LogP contribution in [0.4, 0.5) is 10.6 Å². The Morgan fingerprint density at radius 3 is 2.42 bits per heavy atom. The molecule has 2 aliphatic heterocycles. The molecule has 2 saturated heterocycles. The number of fused-ring (bicyclic) bond motifs is 2. The molecule has 0 bridgehead atoms. The third-order valence-electron chi connectivity index (χ3n) is 6.98. The van der Waals surface area contributed by atoms with Crippen LogP contribution >= 0.6 is 15.4 Å². The number of rotatable bonds is 11. The average Bonchev–Trinajstić information content (AvgIpc) is 3.71. The first-order chi connectivity index (χ1) is 21.6. The van der Waals surface area contributed by atoms with Crippen LogP contribution in [0.5, 0.6) is 0 Å². The summed E-state index contributed by atoms with van der Waals surface area (Å²) in [5.41, 5.74) is 1.77. The van der Waals surface area contributed by atoms with Crippen molar-refractivity contribution in [2.24, 2.45) is 0 Å². The van der Waals surface area contributed by atoms with Crippen LogP contribution in [0.25, 0.3) is 11.2 Å². The van der Waals surface area contributed by atoms with Crippen molar-refractivity contribution in [3.63, 3.8) is 0 Å². The highest BCUT2D eigenvalue weighted by Crippen LogP contribution is 2.61. The standard InChI is InChI=1S/C27H30N6O10P2/c1-2-28-27(34)32-23-20-24(30-15-29-23)33(16-31-20)25-22-21(41-26(42-22)18-11-7-4-8-12-18)19(40-25)13-39-45(37,38)43-44(35,36)14-17-9-5-3-6-10-17/h3-12,15-16,19,21-22,25-26H,2,13-14H2,1H3,(H,35,36)(H,37,38)(H2,28,29,30,32,34)/t19-,21?,22+,25-,26-/m1/s1. The molecule has 2 amide bonds. The van der Waals surface area contributed by atoms with Gasteiger partial charge < -0.3 is 29.3 Å². The van der Waals surface area contributed by atoms with E-state index in [0.29, 0.717) is 17.8 Å². The van der Waals surface area contributed by atoms with Gasteiger partial charge >= 0.3 is 21.4 Å². The molecule has 4 aromatic rings. The number of nitrogens with zero attached hydrogens (tertiary/aromatic N) is 4. The first kappa shape index (κ1) is 31.4. The molecule has 18 heteroatoms. The number of nitrogens with one attached hydrogen (secondary N) is 2. The molecule has 238 valence electrons. The second-order valence-corrected chi connectivity index (χ2v) is 13.6. The van der Waals surface area contributed by atoms with Gasteiger partial charge in [-0.2, -0.15) is 0 Å². The van der Waals surface area contributed by atoms with Crippen LogP contribution in [-0.2, 0) is 38.3 Å². The van der Waals surface area contributed by atoms with Gasteiger partial charge in [0.05, 0.1) is 19.1 Å². The summed E-state index contributed by atoms with van der Waals surface area (Å²) < 4.78 is 55.6. The highest BCUT2D eigenvalue weighted by atomic mass is 31.3. The lowest BCUT2D eigenvalue weighted by Gasteiger charge is -2.22. The molecule has 2 aliphatic rings. The van der Waals surface area contributed by atoms with Gasteiger partial charge in [0, 0.05) is 12.1 Å². The van der Waals surface area contributed by atoms with Gasteiger partial charge in [0.2, 0.25) is 0 Å². The Morgan fingerprint density at radius 1 is 0.978 bits per heavy atom. The Kier molecular flexibility index (Phi) is 9.11. The second kappa shape index (κ2) is 13.0. The van der Waals surface area contributed by atoms with Crippen LogP contribution in [-0.4, -0.2) is 66.8 Å². The van der Waals surface area contributed by atoms with Gasteiger partial charge in [0.25, 0.3) is 0 Å². The summed E-state index contributed by atoms with van der Waals surface area (Å²) in [4.78, 5) is 45.6. The Balaban J connectivity index is 1.22. The minimum absolute atomic E-state index is 0.173. The number of ether oxygens (including phenoxy) is 3. The number of imidazole rings is 1. The van der Waals surface area contributed by atoms with Gasteiger partial charge in [0.15, 0.2) is 29.5 Å². The summed E-state index contributed by atoms with van der Waals surface area (Å²) in [7, 11) is -9.60. The van der Waals surface area contributed by atoms with Crippen LogP contribution in [0, 0.1) is 0 Å². The molecule has 4 heterocycles. The molecule has 0 radical (unpaired) electrons. The van der Waals surface area contributed by atoms with E-state index >= 15 is 0 Å². The number of benzene rings is 2. The van der Waals surface area contributed by atoms with Gasteiger partial charge in [-0.15, -0.1) is 0 Å². The summed E-state index contributed by atoms with van der Waals surface area (Å²) in [6.45, 7) is 1.64. The predicted molar refractivity (Wildman–Crippen MR) is 158 cm³/mol. The van der Waals surface area contributed by atoms with Crippen molar-refractivity contribution in [3.05, 3.63) is 84.4 Å². The molecular weight excluding hydrogens is 630 g/mol. The number of carbonyl (C=O) groups is 1. The lowest BCUT2D eigenvalue weighted by atomic mass is 10.1. The minimum atomic E-state index is -5.03. The molecule has 2 fully saturated rings. The SMILES string of the molecule is CCNC(=O)Nc1ncnc2c1ncn2[C@@H]1O[C@H](COP(=O)(O)OP(=O)(O)Cc2ccccc2)C2O[C@@H](c3ccccc3)O[C@@H]21. The summed E-state index contributed by atoms with van der Waals surface area (Å²) in [5, 5.41) is 5.26. The van der Waals surface area contributed by atoms with E-state index in [0.717, 1.165) is 5.56 Å². The van der Waals surface area contributed by atoms with E-state index in [1.165, 1.54) is 12.7 Å². The van der Waals surface area contributed by atoms with E-state index in [-0.39, 0.29) is 11.3 Å². The topological polar surface area (TPSA) is 205 Å². The van der Waals surface area contributed by atoms with E-state index < -0.39 is 65.0 Å². The van der Waals surface area contributed by atoms with E-state index in [1.807, 2.05) is 30.3 Å². The first-order valence-corrected chi connectivity index (χ1v) is 17.2. The highest BCUT2D eigenvalue weighted by molar-refractivity contribution is 7.63. The third kappa shape index (κ3) is 7.15. The predicted octanol–water partition coefficient (Wildman–Crippen LogP) is 3.87. The van der Waals surface area contributed by atoms with Crippen molar-refractivity contribution in [2.75, 3.05) is 18.5 Å². The van der Waals surface area contributed by atoms with Gasteiger partial charge in [-0.05, 0) is 12.5 Å². The van der Waals surface area contributed by atoms with E-state index in [1.54, 1.807) is 41.8 Å². The molecule has 2 aromatic heterocycles. The number of hydrogen-bond donors (Lipinski definition) is 4. The van der Waals surface area contributed by atoms with Crippen molar-refractivity contribution in [2.45, 2.75) is 43.9 Å². The van der Waals surface area contributed by atoms with Gasteiger partial charge in [0.1, 0.15) is 24.6 Å². The molecule has 0 aliphatic carbocycles. The Bertz CT molecular complexity index is 1750. The fourth-order valence-electron chi connectivity index (χ4n) is 5.10. The maximum atomic E-state index is 12.8. The van der Waals surface area contributed by atoms with Crippen molar-refractivity contribution >= 4 is 38.4 Å². The lowest BCUT2D eigenvalue weighted by Crippen LogP contribution is -2.31. The maximum absolute atomic E-state index is 12.8. The second-order valence-electron chi connectivity index (χ2n) is 10.2. The van der Waals surface area contributed by atoms with Crippen LogP contribution in [0.1, 0.15) is 30.6 Å². The molecule has 4 N–H and O–H groups in total. The summed E-state index contributed by atoms with van der Waals surface area (Å²) in [6.07, 6.45) is -2.05. The molecule has 0 saturated carbocycles. The largest absolute Gasteiger partial charge is 0.479 e. The lowest BCUT2D eigenvalue weighted by molar-refractivity contribution is -0.152. The van der Waals surface area contributed by atoms with Crippen molar-refractivity contribution < 1.29 is 46.8 Å². The minimum Gasteiger partial charge on any atom is -0.347 e. The number of hydrogen-bond acceptors (Lipinski definition) is 11. The number of amides is 2. The summed E-state index contributed by atoms with van der Waals surface area (Å²) in [6, 6.07) is 16.9. The van der Waals surface area contributed by atoms with E-state index in [2.05, 4.69) is 25.6 Å². The van der Waals surface area contributed by atoms with Crippen LogP contribution in [0.15, 0.2) is 73.3 Å². The van der Waals surface area contributed by atoms with Crippen LogP contribution in [0.2, 0.25) is 0 Å². The summed E-state index contributed by atoms with van der Waals surface area (Å²) >= 11 is 0. The Hall–Kier alpha value is -3.56. The van der Waals surface area contributed by atoms with Gasteiger partial charge in [-0.25, -0.2) is 28.6 Å². The number of aromatic nitrogens is 4. The molecular formula is C27H30N6O10P2. The number of phosphoric acid groups is 1. The number of phosphoric ester groups is 1. The highest BCUT2D eigenvalue weighted by Gasteiger charge is 2.54. The monoisotopic (exact) mass is 660 g/mol. The Labute approximate surface area is 256 Å². The van der Waals surface area contributed by atoms with Gasteiger partial charge in [-0.1, -0.05) is 60.7 Å². The summed E-state index contributed by atoms with van der Waals surface area (Å²) in [5.74, 6) is 0.173. The van der Waals surface area contributed by atoms with E-state index in [9.17, 15) is 23.7 Å². The molecule has 45 heavy (non-hydrogen) atoms. The molecule has 2 aromatic carbocycles. The van der Waals surface area contributed by atoms with Crippen LogP contribution in [0.3, 0.4) is 0 Å². The molecule has 6 rings (SSSR count). The molecule has 0 spiro atoms. The Morgan fingerprint density at radius 2 is 1.69 bits per heavy atom. The maximum Gasteiger partial charge on any atom is 0.479 e. The van der Waals surface area contributed by atoms with Crippen molar-refractivity contribution in [3.8, 4) is 0 Å². The third-order valence-corrected chi connectivity index (χ3v) is 10.1. The van der Waals surface area contributed by atoms with Crippen LogP contribution < -0.4 is 10.6 Å². The molecule has 7 atom stereocenters. The average molecular weight is 661 g/mol. The zero-order valence-electron chi connectivity index (χ0n) is 23.8. The number of anilines is 1. The molecule has 3 unspecified atom stereocenters. The fourth-order valence-corrected chi connectivity index (χ4v) is 7.81. The first-order valence-electron chi connectivity index (χ1n) is 13.9. The smallest absolute Gasteiger partial charge is 0.347 e.